The zero-order valence-electron chi connectivity index (χ0n) is 61.2. The topological polar surface area (TPSA) is 270 Å². The van der Waals surface area contributed by atoms with Crippen LogP contribution in [0.15, 0.2) is 42.5 Å². The molecule has 36 heteroatoms. The molecule has 0 bridgehead atoms. The summed E-state index contributed by atoms with van der Waals surface area (Å²) >= 11 is 6.05. The largest absolute Gasteiger partial charge is 0.417 e. The molecule has 1 unspecified atom stereocenters. The molecule has 12 amide bonds. The smallest absolute Gasteiger partial charge is 0.343 e. The van der Waals surface area contributed by atoms with E-state index in [4.69, 9.17) is 11.6 Å². The quantitative estimate of drug-likeness (QED) is 0.216. The predicted octanol–water partition coefficient (Wildman–Crippen LogP) is 6.48. The van der Waals surface area contributed by atoms with Gasteiger partial charge < -0.3 is 60.0 Å². The van der Waals surface area contributed by atoms with E-state index in [9.17, 15) is 77.9 Å². The van der Waals surface area contributed by atoms with Crippen LogP contribution in [0.5, 0.6) is 0 Å². The van der Waals surface area contributed by atoms with Gasteiger partial charge in [-0.05, 0) is 98.6 Å². The van der Waals surface area contributed by atoms with Crippen LogP contribution in [0.2, 0.25) is 5.02 Å². The summed E-state index contributed by atoms with van der Waals surface area (Å²) in [4.78, 5) is 185. The van der Waals surface area contributed by atoms with Gasteiger partial charge in [0.15, 0.2) is 0 Å². The van der Waals surface area contributed by atoms with Crippen LogP contribution in [-0.2, 0) is 82.7 Å². The Balaban J connectivity index is 1.33. The van der Waals surface area contributed by atoms with Crippen molar-refractivity contribution in [2.45, 2.75) is 202 Å². The zero-order chi connectivity index (χ0) is 79.7. The van der Waals surface area contributed by atoms with E-state index in [1.54, 1.807) is 6.92 Å². The van der Waals surface area contributed by atoms with E-state index in [1.165, 1.54) is 25.9 Å². The Hall–Kier alpha value is -8.40. The number of nitrogens with zero attached hydrogens (tertiary/aromatic N) is 9. The minimum atomic E-state index is -5.18. The number of aryl methyl sites for hydroxylation is 1. The van der Waals surface area contributed by atoms with Gasteiger partial charge in [0.25, 0.3) is 5.92 Å². The highest BCUT2D eigenvalue weighted by Crippen LogP contribution is 2.40. The van der Waals surface area contributed by atoms with E-state index in [0.717, 1.165) is 88.9 Å². The van der Waals surface area contributed by atoms with Gasteiger partial charge in [-0.15, -0.1) is 0 Å². The Morgan fingerprint density at radius 1 is 0.617 bits per heavy atom. The lowest BCUT2D eigenvalue weighted by molar-refractivity contribution is -0.163. The van der Waals surface area contributed by atoms with Gasteiger partial charge in [0.2, 0.25) is 70.9 Å². The number of hydrogen-bond acceptors (Lipinski definition) is 12. The Bertz CT molecular complexity index is 3610. The zero-order valence-corrected chi connectivity index (χ0v) is 61.9. The number of carbonyl (C=O) groups is 12. The number of alkyl halides is 11. The van der Waals surface area contributed by atoms with E-state index in [0.29, 0.717) is 72.9 Å². The maximum absolute atomic E-state index is 16.2. The van der Waals surface area contributed by atoms with E-state index < -0.39 is 236 Å². The van der Waals surface area contributed by atoms with Crippen molar-refractivity contribution in [1.29, 1.82) is 0 Å². The minimum absolute atomic E-state index is 0.0217. The van der Waals surface area contributed by atoms with Gasteiger partial charge >= 0.3 is 18.5 Å². The highest BCUT2D eigenvalue weighted by Gasteiger charge is 2.56. The van der Waals surface area contributed by atoms with Gasteiger partial charge in [-0.25, -0.2) is 8.78 Å². The minimum Gasteiger partial charge on any atom is -0.343 e. The summed E-state index contributed by atoms with van der Waals surface area (Å²) in [5, 5.41) is 6.62. The number of fused-ring (bicyclic) bond motifs is 1. The molecular formula is C71H94ClF11N12O12. The summed E-state index contributed by atoms with van der Waals surface area (Å²) in [5.41, 5.74) is -4.26. The lowest BCUT2D eigenvalue weighted by Crippen LogP contribution is -2.65. The lowest BCUT2D eigenvalue weighted by atomic mass is 9.81. The molecule has 0 radical (unpaired) electrons. The summed E-state index contributed by atoms with van der Waals surface area (Å²) in [6.45, 7) is -0.945. The number of amides is 12. The van der Waals surface area contributed by atoms with Gasteiger partial charge in [0, 0.05) is 75.3 Å². The Kier molecular flexibility index (Phi) is 28.3. The fraction of sp³-hybridized carbons (Fsp3) is 0.662. The number of hydrogen-bond donors (Lipinski definition) is 3. The molecule has 5 aliphatic rings. The molecule has 8 atom stereocenters. The molecule has 2 aliphatic carbocycles. The van der Waals surface area contributed by atoms with Gasteiger partial charge in [0.1, 0.15) is 47.8 Å². The van der Waals surface area contributed by atoms with Crippen LogP contribution >= 0.6 is 11.6 Å². The molecule has 3 N–H and O–H groups in total. The number of carbonyl (C=O) groups excluding carboxylic acids is 12. The lowest BCUT2D eigenvalue weighted by Gasteiger charge is -2.43. The van der Waals surface area contributed by atoms with Crippen LogP contribution in [0.3, 0.4) is 0 Å². The molecule has 7 rings (SSSR count). The highest BCUT2D eigenvalue weighted by atomic mass is 35.5. The predicted molar refractivity (Wildman–Crippen MR) is 364 cm³/mol. The molecule has 107 heavy (non-hydrogen) atoms. The van der Waals surface area contributed by atoms with E-state index in [-0.39, 0.29) is 56.3 Å². The first-order valence-electron chi connectivity index (χ1n) is 35.6. The number of likely N-dealkylation sites (N-methyl/N-ethyl adjacent to an activating group) is 7. The molecule has 24 nitrogen and oxygen atoms in total. The Labute approximate surface area is 618 Å². The molecule has 3 saturated heterocycles. The monoisotopic (exact) mass is 1550 g/mol. The molecule has 2 aromatic rings. The van der Waals surface area contributed by atoms with Gasteiger partial charge in [-0.3, -0.25) is 57.5 Å². The fourth-order valence-electron chi connectivity index (χ4n) is 14.7. The summed E-state index contributed by atoms with van der Waals surface area (Å²) in [6, 6.07) is -7.33. The van der Waals surface area contributed by atoms with Crippen molar-refractivity contribution in [3.05, 3.63) is 69.7 Å². The van der Waals surface area contributed by atoms with Crippen LogP contribution in [0, 0.1) is 11.8 Å². The molecule has 3 heterocycles. The number of halogens is 12. The summed E-state index contributed by atoms with van der Waals surface area (Å²) in [5.74, 6) is -18.8. The second kappa shape index (κ2) is 35.3. The van der Waals surface area contributed by atoms with Crippen LogP contribution in [0.1, 0.15) is 139 Å². The average molecular weight is 1550 g/mol. The second-order valence-electron chi connectivity index (χ2n) is 29.0. The molecule has 1 spiro atoms. The van der Waals surface area contributed by atoms with E-state index in [1.807, 2.05) is 0 Å². The maximum Gasteiger partial charge on any atom is 0.417 e. The van der Waals surface area contributed by atoms with Crippen molar-refractivity contribution >= 4 is 82.5 Å². The number of rotatable bonds is 10. The first kappa shape index (κ1) is 85.8. The summed E-state index contributed by atoms with van der Waals surface area (Å²) < 4.78 is 160. The Morgan fingerprint density at radius 2 is 1.20 bits per heavy atom. The molecule has 2 saturated carbocycles. The van der Waals surface area contributed by atoms with Crippen molar-refractivity contribution in [3.8, 4) is 0 Å². The van der Waals surface area contributed by atoms with Crippen LogP contribution in [-0.4, -0.2) is 264 Å². The number of nitrogens with one attached hydrogen (secondary N) is 3. The molecule has 594 valence electrons. The third kappa shape index (κ3) is 21.5. The normalized spacial score (nSPS) is 25.6. The van der Waals surface area contributed by atoms with Crippen molar-refractivity contribution in [2.24, 2.45) is 11.8 Å². The first-order valence-corrected chi connectivity index (χ1v) is 35.9. The van der Waals surface area contributed by atoms with Crippen molar-refractivity contribution in [3.63, 3.8) is 0 Å². The van der Waals surface area contributed by atoms with Crippen LogP contribution in [0.4, 0.5) is 48.3 Å². The van der Waals surface area contributed by atoms with E-state index in [2.05, 4.69) is 16.0 Å². The standard InChI is InChI=1S/C71H94ClF11N12O12/c1-10-41(2)57-64(105)89(5)38-55(98)87(3)39-56(99)90(6)49(33-43-20-24-45(25-21-43)70(78,79)80)62(103)88(4)37-53(96)84-48(27-23-42-22-26-46(47(72)32-42)71(81,82)83)61(102)95-40-68(73,74)35-52(95)60(101)86-67(28-14-15-29-67)66(107)93(9)58(44-18-12-11-13-19-44)65(106)92(8)50(63(104)94-30-16-17-31-94)34-54(97)91(7)51(59(100)85-57)36-69(75,76)77/h20-22,24-26,32,41,44,48-52,57-58H,10-19,23,27-31,33-40H2,1-9H3,(H,84,96)(H,85,100)(H,86,101)/t41-,48-,49-,50-,51-,52?,57-,58-/m0/s1. The van der Waals surface area contributed by atoms with Crippen molar-refractivity contribution in [1.82, 2.24) is 60.0 Å². The van der Waals surface area contributed by atoms with Gasteiger partial charge in [-0.2, -0.15) is 39.5 Å². The first-order chi connectivity index (χ1) is 49.8. The third-order valence-electron chi connectivity index (χ3n) is 21.3. The maximum atomic E-state index is 16.2. The average Bonchev–Trinajstić information content (AvgIpc) is 1.74. The Morgan fingerprint density at radius 3 is 1.77 bits per heavy atom. The highest BCUT2D eigenvalue weighted by molar-refractivity contribution is 6.31. The van der Waals surface area contributed by atoms with Gasteiger partial charge in [0.05, 0.1) is 55.2 Å². The molecular weight excluding hydrogens is 1460 g/mol. The van der Waals surface area contributed by atoms with E-state index >= 15 is 28.0 Å². The van der Waals surface area contributed by atoms with Crippen LogP contribution in [0.25, 0.3) is 0 Å². The SMILES string of the molecule is CC[C@H](C)[C@@H]1NC(=O)[C@H](CC(F)(F)F)N(C)C(=O)C[C@@H](C(=O)N2CCCC2)N(C)C(=O)[C@H](C2CCCCC2)N(C)C(=O)C2(CCCC2)NC(=O)C2CC(F)(F)CN2C(=O)[C@H](CCc2ccc(C(F)(F)F)c(Cl)c2)NC(=O)CN(C)C(=O)[C@H](Cc2ccc(C(F)(F)F)cc2)N(C)C(=O)CN(C)C(=O)CN(C)C1=O. The van der Waals surface area contributed by atoms with Crippen molar-refractivity contribution < 1.29 is 106 Å². The summed E-state index contributed by atoms with van der Waals surface area (Å²) in [7, 11) is 7.62. The molecule has 3 aliphatic heterocycles. The second-order valence-corrected chi connectivity index (χ2v) is 29.4. The molecule has 5 fully saturated rings. The van der Waals surface area contributed by atoms with Gasteiger partial charge in [-0.1, -0.05) is 82.2 Å². The molecule has 2 aromatic carbocycles. The van der Waals surface area contributed by atoms with Crippen molar-refractivity contribution in [2.75, 3.05) is 88.6 Å². The fourth-order valence-corrected chi connectivity index (χ4v) is 15.0. The summed E-state index contributed by atoms with van der Waals surface area (Å²) in [6.07, 6.45) is -17.2. The number of likely N-dealkylation sites (tertiary alicyclic amines) is 1. The third-order valence-corrected chi connectivity index (χ3v) is 21.6. The van der Waals surface area contributed by atoms with Crippen LogP contribution < -0.4 is 16.0 Å². The number of benzene rings is 2. The molecule has 0 aromatic heterocycles.